The number of furan rings is 1. The van der Waals surface area contributed by atoms with Gasteiger partial charge in [-0.05, 0) is 44.0 Å². The lowest BCUT2D eigenvalue weighted by molar-refractivity contribution is -0.140. The van der Waals surface area contributed by atoms with Crippen LogP contribution in [0.15, 0.2) is 46.6 Å². The second-order valence-electron chi connectivity index (χ2n) is 8.13. The van der Waals surface area contributed by atoms with E-state index in [0.29, 0.717) is 37.5 Å². The molecule has 7 nitrogen and oxygen atoms in total. The average molecular weight is 424 g/mol. The van der Waals surface area contributed by atoms with Crippen LogP contribution in [0.2, 0.25) is 0 Å². The second-order valence-corrected chi connectivity index (χ2v) is 8.13. The van der Waals surface area contributed by atoms with Crippen LogP contribution in [0.25, 0.3) is 5.76 Å². The van der Waals surface area contributed by atoms with E-state index in [1.54, 1.807) is 12.1 Å². The molecule has 1 amide bonds. The number of hydrogen-bond donors (Lipinski definition) is 1. The summed E-state index contributed by atoms with van der Waals surface area (Å²) in [7, 11) is 0. The van der Waals surface area contributed by atoms with Gasteiger partial charge in [0.2, 0.25) is 0 Å². The number of Topliss-reactive ketones (excluding diaryl/α,β-unsaturated/α-hetero) is 1. The van der Waals surface area contributed by atoms with Crippen LogP contribution in [0, 0.1) is 13.8 Å². The molecule has 1 aromatic carbocycles. The van der Waals surface area contributed by atoms with Gasteiger partial charge in [0.05, 0.1) is 25.1 Å². The number of rotatable bonds is 6. The summed E-state index contributed by atoms with van der Waals surface area (Å²) in [5.41, 5.74) is 2.43. The van der Waals surface area contributed by atoms with Crippen LogP contribution < -0.4 is 0 Å². The van der Waals surface area contributed by atoms with Gasteiger partial charge in [-0.2, -0.15) is 0 Å². The summed E-state index contributed by atoms with van der Waals surface area (Å²) in [5, 5.41) is 11.1. The summed E-state index contributed by atoms with van der Waals surface area (Å²) in [6, 6.07) is 8.39. The minimum absolute atomic E-state index is 0.0834. The smallest absolute Gasteiger partial charge is 0.295 e. The number of aryl methyl sites for hydroxylation is 2. The topological polar surface area (TPSA) is 83.2 Å². The van der Waals surface area contributed by atoms with Crippen molar-refractivity contribution in [3.05, 3.63) is 64.6 Å². The molecular weight excluding hydrogens is 396 g/mol. The number of morpholine rings is 1. The molecule has 1 N–H and O–H groups in total. The zero-order chi connectivity index (χ0) is 22.0. The molecule has 0 spiro atoms. The Morgan fingerprint density at radius 1 is 1.13 bits per heavy atom. The summed E-state index contributed by atoms with van der Waals surface area (Å²) in [6.45, 7) is 8.17. The Morgan fingerprint density at radius 3 is 2.61 bits per heavy atom. The first kappa shape index (κ1) is 21.3. The SMILES string of the molecule is Cc1ccc(C)c(/C(O)=C2/C(=O)C(=O)N(CCCN3CCOCC3)C2c2ccco2)c1. The van der Waals surface area contributed by atoms with Crippen molar-refractivity contribution in [2.75, 3.05) is 39.4 Å². The number of carbonyl (C=O) groups excluding carboxylic acids is 2. The maximum Gasteiger partial charge on any atom is 0.295 e. The van der Waals surface area contributed by atoms with Gasteiger partial charge < -0.3 is 19.2 Å². The predicted octanol–water partition coefficient (Wildman–Crippen LogP) is 3.04. The van der Waals surface area contributed by atoms with E-state index in [0.717, 1.165) is 30.8 Å². The number of nitrogens with zero attached hydrogens (tertiary/aromatic N) is 2. The van der Waals surface area contributed by atoms with E-state index >= 15 is 0 Å². The van der Waals surface area contributed by atoms with Crippen LogP contribution in [-0.4, -0.2) is 66.0 Å². The van der Waals surface area contributed by atoms with Crippen molar-refractivity contribution in [1.29, 1.82) is 0 Å². The maximum absolute atomic E-state index is 13.0. The number of ketones is 1. The molecular formula is C24H28N2O5. The van der Waals surface area contributed by atoms with Crippen molar-refractivity contribution < 1.29 is 23.8 Å². The van der Waals surface area contributed by atoms with Gasteiger partial charge in [0.15, 0.2) is 0 Å². The third-order valence-electron chi connectivity index (χ3n) is 5.98. The van der Waals surface area contributed by atoms with Crippen LogP contribution in [0.3, 0.4) is 0 Å². The number of hydrogen-bond acceptors (Lipinski definition) is 6. The van der Waals surface area contributed by atoms with Crippen molar-refractivity contribution in [2.45, 2.75) is 26.3 Å². The van der Waals surface area contributed by atoms with Gasteiger partial charge in [-0.25, -0.2) is 0 Å². The van der Waals surface area contributed by atoms with Gasteiger partial charge in [0.25, 0.3) is 11.7 Å². The van der Waals surface area contributed by atoms with E-state index in [9.17, 15) is 14.7 Å². The molecule has 0 radical (unpaired) electrons. The lowest BCUT2D eigenvalue weighted by Gasteiger charge is -2.28. The van der Waals surface area contributed by atoms with E-state index < -0.39 is 17.7 Å². The molecule has 4 rings (SSSR count). The van der Waals surface area contributed by atoms with E-state index in [2.05, 4.69) is 4.90 Å². The summed E-state index contributed by atoms with van der Waals surface area (Å²) in [4.78, 5) is 29.8. The zero-order valence-corrected chi connectivity index (χ0v) is 18.0. The van der Waals surface area contributed by atoms with Gasteiger partial charge in [0.1, 0.15) is 17.6 Å². The van der Waals surface area contributed by atoms with Gasteiger partial charge >= 0.3 is 0 Å². The monoisotopic (exact) mass is 424 g/mol. The van der Waals surface area contributed by atoms with Crippen LogP contribution in [0.1, 0.15) is 34.9 Å². The Balaban J connectivity index is 1.65. The molecule has 7 heteroatoms. The fourth-order valence-electron chi connectivity index (χ4n) is 4.28. The van der Waals surface area contributed by atoms with Crippen molar-refractivity contribution in [3.63, 3.8) is 0 Å². The second kappa shape index (κ2) is 9.08. The molecule has 0 bridgehead atoms. The van der Waals surface area contributed by atoms with E-state index in [-0.39, 0.29) is 11.3 Å². The number of amides is 1. The van der Waals surface area contributed by atoms with Crippen LogP contribution >= 0.6 is 0 Å². The molecule has 2 aliphatic heterocycles. The largest absolute Gasteiger partial charge is 0.507 e. The third-order valence-corrected chi connectivity index (χ3v) is 5.98. The number of benzene rings is 1. The van der Waals surface area contributed by atoms with Gasteiger partial charge in [-0.15, -0.1) is 0 Å². The first-order valence-corrected chi connectivity index (χ1v) is 10.7. The van der Waals surface area contributed by atoms with Gasteiger partial charge in [0, 0.05) is 31.7 Å². The summed E-state index contributed by atoms with van der Waals surface area (Å²) >= 11 is 0. The summed E-state index contributed by atoms with van der Waals surface area (Å²) < 4.78 is 11.0. The van der Waals surface area contributed by atoms with E-state index in [1.807, 2.05) is 32.0 Å². The number of likely N-dealkylation sites (tertiary alicyclic amines) is 1. The van der Waals surface area contributed by atoms with Crippen molar-refractivity contribution in [1.82, 2.24) is 9.80 Å². The van der Waals surface area contributed by atoms with Crippen molar-refractivity contribution in [2.24, 2.45) is 0 Å². The third kappa shape index (κ3) is 4.29. The number of aliphatic hydroxyl groups is 1. The molecule has 1 unspecified atom stereocenters. The molecule has 3 heterocycles. The molecule has 1 atom stereocenters. The Kier molecular flexibility index (Phi) is 6.25. The average Bonchev–Trinajstić information content (AvgIpc) is 3.38. The molecule has 2 saturated heterocycles. The van der Waals surface area contributed by atoms with Crippen LogP contribution in [0.4, 0.5) is 0 Å². The van der Waals surface area contributed by atoms with Gasteiger partial charge in [-0.1, -0.05) is 17.7 Å². The van der Waals surface area contributed by atoms with Crippen LogP contribution in [0.5, 0.6) is 0 Å². The predicted molar refractivity (Wildman–Crippen MR) is 116 cm³/mol. The Morgan fingerprint density at radius 2 is 1.90 bits per heavy atom. The Hall–Kier alpha value is -2.90. The molecule has 164 valence electrons. The first-order chi connectivity index (χ1) is 15.0. The summed E-state index contributed by atoms with van der Waals surface area (Å²) in [6.07, 6.45) is 2.23. The zero-order valence-electron chi connectivity index (χ0n) is 18.0. The van der Waals surface area contributed by atoms with Crippen molar-refractivity contribution >= 4 is 17.4 Å². The fourth-order valence-corrected chi connectivity index (χ4v) is 4.28. The fraction of sp³-hybridized carbons (Fsp3) is 0.417. The normalized spacial score (nSPS) is 21.7. The maximum atomic E-state index is 13.0. The highest BCUT2D eigenvalue weighted by Crippen LogP contribution is 2.40. The highest BCUT2D eigenvalue weighted by molar-refractivity contribution is 6.46. The van der Waals surface area contributed by atoms with Crippen molar-refractivity contribution in [3.8, 4) is 0 Å². The summed E-state index contributed by atoms with van der Waals surface area (Å²) in [5.74, 6) is -0.963. The molecule has 2 aliphatic rings. The molecule has 2 fully saturated rings. The van der Waals surface area contributed by atoms with E-state index in [4.69, 9.17) is 9.15 Å². The molecule has 0 saturated carbocycles. The Bertz CT molecular complexity index is 989. The molecule has 31 heavy (non-hydrogen) atoms. The highest BCUT2D eigenvalue weighted by atomic mass is 16.5. The quantitative estimate of drug-likeness (QED) is 0.436. The molecule has 2 aromatic rings. The van der Waals surface area contributed by atoms with Crippen LogP contribution in [-0.2, 0) is 14.3 Å². The standard InChI is InChI=1S/C24H28N2O5/c1-16-6-7-17(2)18(15-16)22(27)20-21(19-5-3-12-31-19)26(24(29)23(20)28)9-4-8-25-10-13-30-14-11-25/h3,5-7,12,15,21,27H,4,8-11,13-14H2,1-2H3/b22-20-. The molecule has 0 aliphatic carbocycles. The first-order valence-electron chi connectivity index (χ1n) is 10.7. The number of aliphatic hydroxyl groups excluding tert-OH is 1. The molecule has 1 aromatic heterocycles. The number of ether oxygens (including phenoxy) is 1. The Labute approximate surface area is 181 Å². The lowest BCUT2D eigenvalue weighted by Crippen LogP contribution is -2.38. The van der Waals surface area contributed by atoms with Gasteiger partial charge in [-0.3, -0.25) is 14.5 Å². The lowest BCUT2D eigenvalue weighted by atomic mass is 9.96. The van der Waals surface area contributed by atoms with E-state index in [1.165, 1.54) is 11.2 Å². The number of carbonyl (C=O) groups is 2. The highest BCUT2D eigenvalue weighted by Gasteiger charge is 2.47. The minimum Gasteiger partial charge on any atom is -0.507 e. The minimum atomic E-state index is -0.736.